The Morgan fingerprint density at radius 2 is 0.877 bits per heavy atom. The maximum absolute atomic E-state index is 13.9. The molecule has 0 aromatic carbocycles. The normalized spacial score (nSPS) is 13.0. The lowest BCUT2D eigenvalue weighted by atomic mass is 9.96. The largest absolute Gasteiger partial charge is 0.444 e. The second kappa shape index (κ2) is 37.5. The van der Waals surface area contributed by atoms with Crippen LogP contribution in [0, 0.1) is 0 Å². The summed E-state index contributed by atoms with van der Waals surface area (Å²) >= 11 is 0. The Kier molecular flexibility index (Phi) is 35.2. The molecule has 0 aliphatic heterocycles. The van der Waals surface area contributed by atoms with Gasteiger partial charge in [0.15, 0.2) is 0 Å². The van der Waals surface area contributed by atoms with E-state index in [-0.39, 0.29) is 12.1 Å². The first-order valence-corrected chi connectivity index (χ1v) is 25.7. The summed E-state index contributed by atoms with van der Waals surface area (Å²) in [5.41, 5.74) is -0.474. The molecule has 1 aromatic heterocycles. The third kappa shape index (κ3) is 32.0. The SMILES string of the molecule is CCCCCCCCCCCCCCCCCCN(C(=O)OC(C)(C)C)C(CCCCCCCCCC)CCCC(CCCCCCCCCC)n1cc[n+](C)c1. The molecular formula is C52H102N3O2+. The van der Waals surface area contributed by atoms with Gasteiger partial charge in [-0.2, -0.15) is 0 Å². The predicted octanol–water partition coefficient (Wildman–Crippen LogP) is 17.0. The number of ether oxygens (including phenoxy) is 1. The van der Waals surface area contributed by atoms with Gasteiger partial charge in [-0.3, -0.25) is 0 Å². The average Bonchev–Trinajstić information content (AvgIpc) is 3.61. The third-order valence-corrected chi connectivity index (χ3v) is 12.4. The van der Waals surface area contributed by atoms with Crippen molar-refractivity contribution in [1.82, 2.24) is 9.47 Å². The number of unbranched alkanes of at least 4 members (excludes halogenated alkanes) is 29. The number of imidazole rings is 1. The molecule has 1 heterocycles. The fourth-order valence-electron chi connectivity index (χ4n) is 8.77. The number of amides is 1. The quantitative estimate of drug-likeness (QED) is 0.0489. The van der Waals surface area contributed by atoms with Crippen molar-refractivity contribution in [2.75, 3.05) is 6.54 Å². The van der Waals surface area contributed by atoms with Crippen LogP contribution in [0.15, 0.2) is 18.7 Å². The average molecular weight is 801 g/mol. The molecule has 0 saturated heterocycles. The lowest BCUT2D eigenvalue weighted by Gasteiger charge is -2.34. The number of carbonyl (C=O) groups excluding carboxylic acids is 1. The Balaban J connectivity index is 2.74. The summed E-state index contributed by atoms with van der Waals surface area (Å²) in [6, 6.07) is 0.797. The summed E-state index contributed by atoms with van der Waals surface area (Å²) in [7, 11) is 2.14. The summed E-state index contributed by atoms with van der Waals surface area (Å²) in [5, 5.41) is 0. The van der Waals surface area contributed by atoms with Gasteiger partial charge in [0.1, 0.15) is 24.0 Å². The summed E-state index contributed by atoms with van der Waals surface area (Å²) in [5.74, 6) is 0. The lowest BCUT2D eigenvalue weighted by molar-refractivity contribution is -0.671. The summed E-state index contributed by atoms with van der Waals surface area (Å²) < 4.78 is 10.8. The zero-order valence-corrected chi connectivity index (χ0v) is 39.9. The maximum Gasteiger partial charge on any atom is 0.410 e. The van der Waals surface area contributed by atoms with Gasteiger partial charge in [-0.05, 0) is 65.7 Å². The monoisotopic (exact) mass is 801 g/mol. The number of carbonyl (C=O) groups is 1. The van der Waals surface area contributed by atoms with Crippen molar-refractivity contribution in [2.24, 2.45) is 7.05 Å². The van der Waals surface area contributed by atoms with Crippen molar-refractivity contribution in [3.05, 3.63) is 18.7 Å². The highest BCUT2D eigenvalue weighted by Crippen LogP contribution is 2.27. The van der Waals surface area contributed by atoms with Gasteiger partial charge in [-0.1, -0.05) is 213 Å². The fourth-order valence-corrected chi connectivity index (χ4v) is 8.77. The molecule has 0 saturated carbocycles. The molecular weight excluding hydrogens is 699 g/mol. The molecule has 57 heavy (non-hydrogen) atoms. The van der Waals surface area contributed by atoms with E-state index in [1.165, 1.54) is 212 Å². The van der Waals surface area contributed by atoms with E-state index in [0.717, 1.165) is 32.2 Å². The van der Waals surface area contributed by atoms with Crippen molar-refractivity contribution in [3.8, 4) is 0 Å². The molecule has 0 aliphatic rings. The summed E-state index contributed by atoms with van der Waals surface area (Å²) in [4.78, 5) is 16.1. The first-order chi connectivity index (χ1) is 27.7. The van der Waals surface area contributed by atoms with Crippen molar-refractivity contribution in [2.45, 2.75) is 297 Å². The predicted molar refractivity (Wildman–Crippen MR) is 249 cm³/mol. The second-order valence-electron chi connectivity index (χ2n) is 19.3. The molecule has 0 aliphatic carbocycles. The zero-order valence-electron chi connectivity index (χ0n) is 39.9. The van der Waals surface area contributed by atoms with E-state index in [1.54, 1.807) is 0 Å². The fraction of sp³-hybridized carbons (Fsp3) is 0.923. The topological polar surface area (TPSA) is 38.4 Å². The number of aromatic nitrogens is 2. The van der Waals surface area contributed by atoms with Gasteiger partial charge in [-0.25, -0.2) is 13.9 Å². The van der Waals surface area contributed by atoms with Crippen LogP contribution in [0.1, 0.15) is 285 Å². The van der Waals surface area contributed by atoms with Crippen LogP contribution in [0.25, 0.3) is 0 Å². The molecule has 0 fully saturated rings. The van der Waals surface area contributed by atoms with Crippen LogP contribution < -0.4 is 4.57 Å². The molecule has 5 nitrogen and oxygen atoms in total. The minimum Gasteiger partial charge on any atom is -0.444 e. The van der Waals surface area contributed by atoms with E-state index >= 15 is 0 Å². The summed E-state index contributed by atoms with van der Waals surface area (Å²) in [6.45, 7) is 13.8. The molecule has 2 atom stereocenters. The van der Waals surface area contributed by atoms with E-state index < -0.39 is 5.60 Å². The van der Waals surface area contributed by atoms with E-state index in [9.17, 15) is 4.79 Å². The van der Waals surface area contributed by atoms with Gasteiger partial charge >= 0.3 is 6.09 Å². The number of hydrogen-bond donors (Lipinski definition) is 0. The maximum atomic E-state index is 13.9. The van der Waals surface area contributed by atoms with E-state index in [0.29, 0.717) is 6.04 Å². The number of rotatable bonds is 41. The Bertz CT molecular complexity index is 1000. The highest BCUT2D eigenvalue weighted by atomic mass is 16.6. The first-order valence-electron chi connectivity index (χ1n) is 25.7. The molecule has 1 rings (SSSR count). The van der Waals surface area contributed by atoms with Gasteiger partial charge in [0.05, 0.1) is 7.05 Å². The molecule has 0 N–H and O–H groups in total. The van der Waals surface area contributed by atoms with E-state index in [1.807, 2.05) is 20.8 Å². The minimum atomic E-state index is -0.474. The van der Waals surface area contributed by atoms with Crippen LogP contribution in [-0.2, 0) is 11.8 Å². The Morgan fingerprint density at radius 1 is 0.526 bits per heavy atom. The van der Waals surface area contributed by atoms with Crippen LogP contribution in [0.3, 0.4) is 0 Å². The van der Waals surface area contributed by atoms with Crippen molar-refractivity contribution < 1.29 is 14.1 Å². The van der Waals surface area contributed by atoms with Gasteiger partial charge in [-0.15, -0.1) is 0 Å². The van der Waals surface area contributed by atoms with Gasteiger partial charge in [0, 0.05) is 12.6 Å². The third-order valence-electron chi connectivity index (χ3n) is 12.4. The van der Waals surface area contributed by atoms with Gasteiger partial charge in [0.25, 0.3) is 0 Å². The number of aryl methyl sites for hydroxylation is 1. The van der Waals surface area contributed by atoms with Gasteiger partial charge < -0.3 is 9.64 Å². The smallest absolute Gasteiger partial charge is 0.410 e. The number of hydrogen-bond acceptors (Lipinski definition) is 2. The van der Waals surface area contributed by atoms with E-state index in [4.69, 9.17) is 4.74 Å². The number of nitrogens with zero attached hydrogens (tertiary/aromatic N) is 3. The highest BCUT2D eigenvalue weighted by molar-refractivity contribution is 5.68. The standard InChI is InChI=1S/C52H102N3O2/c1-8-11-14-17-20-23-24-25-26-27-28-29-30-33-36-39-45-55(51(56)57-52(4,5)6)50(42-38-35-32-22-19-16-13-10-3)44-40-43-49(54-47-46-53(7)48-54)41-37-34-31-21-18-15-12-9-2/h46-50H,8-45H2,1-7H3/q+1. The molecule has 0 bridgehead atoms. The molecule has 0 spiro atoms. The van der Waals surface area contributed by atoms with Crippen LogP contribution in [0.5, 0.6) is 0 Å². The summed E-state index contributed by atoms with van der Waals surface area (Å²) in [6.07, 6.45) is 55.9. The minimum absolute atomic E-state index is 0.0825. The van der Waals surface area contributed by atoms with Crippen LogP contribution >= 0.6 is 0 Å². The molecule has 1 amide bonds. The van der Waals surface area contributed by atoms with Gasteiger partial charge in [0.2, 0.25) is 6.33 Å². The van der Waals surface area contributed by atoms with Crippen LogP contribution in [0.2, 0.25) is 0 Å². The van der Waals surface area contributed by atoms with Crippen molar-refractivity contribution in [3.63, 3.8) is 0 Å². The lowest BCUT2D eigenvalue weighted by Crippen LogP contribution is -2.44. The molecule has 5 heteroatoms. The second-order valence-corrected chi connectivity index (χ2v) is 19.3. The Morgan fingerprint density at radius 3 is 1.26 bits per heavy atom. The van der Waals surface area contributed by atoms with Crippen molar-refractivity contribution >= 4 is 6.09 Å². The molecule has 2 unspecified atom stereocenters. The van der Waals surface area contributed by atoms with Crippen molar-refractivity contribution in [1.29, 1.82) is 0 Å². The van der Waals surface area contributed by atoms with Crippen LogP contribution in [-0.4, -0.2) is 33.7 Å². The Labute approximate surface area is 357 Å². The zero-order chi connectivity index (χ0) is 41.7. The van der Waals surface area contributed by atoms with E-state index in [2.05, 4.69) is 60.6 Å². The molecule has 336 valence electrons. The Hall–Kier alpha value is -1.52. The first kappa shape index (κ1) is 53.5. The highest BCUT2D eigenvalue weighted by Gasteiger charge is 2.28. The molecule has 1 aromatic rings. The van der Waals surface area contributed by atoms with Crippen LogP contribution in [0.4, 0.5) is 4.79 Å². The molecule has 0 radical (unpaired) electrons.